The van der Waals surface area contributed by atoms with E-state index in [1.807, 2.05) is 12.3 Å². The molecule has 0 spiro atoms. The molecule has 0 saturated carbocycles. The molecule has 1 unspecified atom stereocenters. The molecule has 84 valence electrons. The lowest BCUT2D eigenvalue weighted by Gasteiger charge is -2.12. The van der Waals surface area contributed by atoms with Crippen molar-refractivity contribution in [1.82, 2.24) is 9.97 Å². The largest absolute Gasteiger partial charge is 0.349 e. The molecular weight excluding hydrogens is 288 g/mol. The SMILES string of the molecule is Cc1ccc(Br)cc1C(Cl)Cc1ncc[nH]1. The molecule has 2 aromatic rings. The third-order valence-electron chi connectivity index (χ3n) is 2.51. The Morgan fingerprint density at radius 1 is 1.50 bits per heavy atom. The number of aryl methyl sites for hydroxylation is 1. The summed E-state index contributed by atoms with van der Waals surface area (Å²) in [5.74, 6) is 0.916. The second kappa shape index (κ2) is 5.02. The number of aromatic amines is 1. The Morgan fingerprint density at radius 3 is 3.00 bits per heavy atom. The van der Waals surface area contributed by atoms with Crippen LogP contribution in [-0.4, -0.2) is 9.97 Å². The molecule has 0 saturated heterocycles. The minimum absolute atomic E-state index is 0.0522. The van der Waals surface area contributed by atoms with Gasteiger partial charge in [-0.25, -0.2) is 4.98 Å². The van der Waals surface area contributed by atoms with E-state index in [0.29, 0.717) is 6.42 Å². The molecule has 0 aliphatic carbocycles. The number of nitrogens with zero attached hydrogens (tertiary/aromatic N) is 1. The van der Waals surface area contributed by atoms with Gasteiger partial charge in [0.05, 0.1) is 5.38 Å². The summed E-state index contributed by atoms with van der Waals surface area (Å²) in [6.45, 7) is 2.07. The lowest BCUT2D eigenvalue weighted by molar-refractivity contribution is 0.848. The summed E-state index contributed by atoms with van der Waals surface area (Å²) in [5.41, 5.74) is 2.35. The minimum Gasteiger partial charge on any atom is -0.349 e. The van der Waals surface area contributed by atoms with Gasteiger partial charge in [-0.15, -0.1) is 11.6 Å². The van der Waals surface area contributed by atoms with Gasteiger partial charge in [-0.1, -0.05) is 22.0 Å². The number of aromatic nitrogens is 2. The smallest absolute Gasteiger partial charge is 0.107 e. The summed E-state index contributed by atoms with van der Waals surface area (Å²) in [6, 6.07) is 6.15. The first-order chi connectivity index (χ1) is 7.66. The van der Waals surface area contributed by atoms with Crippen LogP contribution in [0.1, 0.15) is 22.3 Å². The Bertz CT molecular complexity index is 468. The van der Waals surface area contributed by atoms with Crippen molar-refractivity contribution in [2.75, 3.05) is 0 Å². The molecule has 1 atom stereocenters. The van der Waals surface area contributed by atoms with Gasteiger partial charge < -0.3 is 4.98 Å². The van der Waals surface area contributed by atoms with E-state index in [9.17, 15) is 0 Å². The van der Waals surface area contributed by atoms with Gasteiger partial charge in [-0.2, -0.15) is 0 Å². The van der Waals surface area contributed by atoms with Crippen molar-refractivity contribution in [2.24, 2.45) is 0 Å². The highest BCUT2D eigenvalue weighted by atomic mass is 79.9. The molecule has 2 nitrogen and oxygen atoms in total. The van der Waals surface area contributed by atoms with Crippen LogP contribution in [0.5, 0.6) is 0 Å². The number of hydrogen-bond donors (Lipinski definition) is 1. The van der Waals surface area contributed by atoms with Crippen molar-refractivity contribution in [3.05, 3.63) is 52.0 Å². The highest BCUT2D eigenvalue weighted by Crippen LogP contribution is 2.29. The molecular formula is C12H12BrClN2. The molecule has 0 amide bonds. The Labute approximate surface area is 108 Å². The van der Waals surface area contributed by atoms with Crippen molar-refractivity contribution in [2.45, 2.75) is 18.7 Å². The number of benzene rings is 1. The number of nitrogens with one attached hydrogen (secondary N) is 1. The zero-order chi connectivity index (χ0) is 11.5. The summed E-state index contributed by atoms with van der Waals surface area (Å²) in [5, 5.41) is -0.0522. The Kier molecular flexibility index (Phi) is 3.66. The molecule has 0 aliphatic rings. The van der Waals surface area contributed by atoms with E-state index in [0.717, 1.165) is 15.9 Å². The van der Waals surface area contributed by atoms with Crippen molar-refractivity contribution >= 4 is 27.5 Å². The lowest BCUT2D eigenvalue weighted by Crippen LogP contribution is -2.00. The second-order valence-electron chi connectivity index (χ2n) is 3.71. The van der Waals surface area contributed by atoms with Crippen LogP contribution in [0.3, 0.4) is 0 Å². The Hall–Kier alpha value is -0.800. The van der Waals surface area contributed by atoms with Gasteiger partial charge in [0.2, 0.25) is 0 Å². The summed E-state index contributed by atoms with van der Waals surface area (Å²) in [7, 11) is 0. The Morgan fingerprint density at radius 2 is 2.31 bits per heavy atom. The van der Waals surface area contributed by atoms with Crippen LogP contribution >= 0.6 is 27.5 Å². The molecule has 2 rings (SSSR count). The van der Waals surface area contributed by atoms with Crippen LogP contribution in [0.2, 0.25) is 0 Å². The van der Waals surface area contributed by atoms with Crippen LogP contribution in [0.15, 0.2) is 35.1 Å². The first kappa shape index (κ1) is 11.7. The fourth-order valence-electron chi connectivity index (χ4n) is 1.64. The van der Waals surface area contributed by atoms with Gasteiger partial charge in [-0.05, 0) is 30.2 Å². The van der Waals surface area contributed by atoms with Crippen LogP contribution in [0.4, 0.5) is 0 Å². The molecule has 4 heteroatoms. The van der Waals surface area contributed by atoms with Gasteiger partial charge in [-0.3, -0.25) is 0 Å². The Balaban J connectivity index is 2.20. The second-order valence-corrected chi connectivity index (χ2v) is 5.15. The first-order valence-electron chi connectivity index (χ1n) is 5.05. The van der Waals surface area contributed by atoms with E-state index in [1.165, 1.54) is 5.56 Å². The number of hydrogen-bond acceptors (Lipinski definition) is 1. The van der Waals surface area contributed by atoms with Crippen LogP contribution in [-0.2, 0) is 6.42 Å². The summed E-state index contributed by atoms with van der Waals surface area (Å²) in [6.07, 6.45) is 4.27. The van der Waals surface area contributed by atoms with Gasteiger partial charge in [0, 0.05) is 23.3 Å². The third-order valence-corrected chi connectivity index (χ3v) is 3.39. The van der Waals surface area contributed by atoms with Gasteiger partial charge >= 0.3 is 0 Å². The zero-order valence-electron chi connectivity index (χ0n) is 8.87. The van der Waals surface area contributed by atoms with E-state index in [2.05, 4.69) is 45.0 Å². The molecule has 0 radical (unpaired) electrons. The summed E-state index contributed by atoms with van der Waals surface area (Å²) >= 11 is 9.85. The third kappa shape index (κ3) is 2.66. The van der Waals surface area contributed by atoms with Crippen LogP contribution in [0.25, 0.3) is 0 Å². The minimum atomic E-state index is -0.0522. The molecule has 1 heterocycles. The van der Waals surface area contributed by atoms with Gasteiger partial charge in [0.1, 0.15) is 5.82 Å². The standard InChI is InChI=1S/C12H12BrClN2/c1-8-2-3-9(13)6-10(8)11(14)7-12-15-4-5-16-12/h2-6,11H,7H2,1H3,(H,15,16). The maximum atomic E-state index is 6.39. The van der Waals surface area contributed by atoms with E-state index in [-0.39, 0.29) is 5.38 Å². The van der Waals surface area contributed by atoms with Crippen molar-refractivity contribution in [3.8, 4) is 0 Å². The fraction of sp³-hybridized carbons (Fsp3) is 0.250. The van der Waals surface area contributed by atoms with E-state index in [1.54, 1.807) is 6.20 Å². The van der Waals surface area contributed by atoms with E-state index < -0.39 is 0 Å². The van der Waals surface area contributed by atoms with Crippen molar-refractivity contribution < 1.29 is 0 Å². The zero-order valence-corrected chi connectivity index (χ0v) is 11.2. The lowest BCUT2D eigenvalue weighted by atomic mass is 10.0. The molecule has 0 fully saturated rings. The van der Waals surface area contributed by atoms with E-state index in [4.69, 9.17) is 11.6 Å². The summed E-state index contributed by atoms with van der Waals surface area (Å²) < 4.78 is 1.05. The number of alkyl halides is 1. The van der Waals surface area contributed by atoms with Gasteiger partial charge in [0.15, 0.2) is 0 Å². The molecule has 1 aromatic heterocycles. The molecule has 16 heavy (non-hydrogen) atoms. The monoisotopic (exact) mass is 298 g/mol. The molecule has 0 bridgehead atoms. The average Bonchev–Trinajstić information content (AvgIpc) is 2.74. The fourth-order valence-corrected chi connectivity index (χ4v) is 2.40. The molecule has 1 aromatic carbocycles. The maximum Gasteiger partial charge on any atom is 0.107 e. The van der Waals surface area contributed by atoms with E-state index >= 15 is 0 Å². The highest BCUT2D eigenvalue weighted by molar-refractivity contribution is 9.10. The number of imidazole rings is 1. The topological polar surface area (TPSA) is 28.7 Å². The first-order valence-corrected chi connectivity index (χ1v) is 6.28. The predicted molar refractivity (Wildman–Crippen MR) is 69.8 cm³/mol. The molecule has 0 aliphatic heterocycles. The summed E-state index contributed by atoms with van der Waals surface area (Å²) in [4.78, 5) is 7.25. The number of H-pyrrole nitrogens is 1. The average molecular weight is 300 g/mol. The maximum absolute atomic E-state index is 6.39. The van der Waals surface area contributed by atoms with Crippen molar-refractivity contribution in [1.29, 1.82) is 0 Å². The normalized spacial score (nSPS) is 12.7. The quantitative estimate of drug-likeness (QED) is 0.853. The van der Waals surface area contributed by atoms with Crippen molar-refractivity contribution in [3.63, 3.8) is 0 Å². The number of halogens is 2. The number of rotatable bonds is 3. The predicted octanol–water partition coefficient (Wildman–Crippen LogP) is 4.00. The van der Waals surface area contributed by atoms with Gasteiger partial charge in [0.25, 0.3) is 0 Å². The van der Waals surface area contributed by atoms with Crippen LogP contribution in [0, 0.1) is 6.92 Å². The highest BCUT2D eigenvalue weighted by Gasteiger charge is 2.13. The van der Waals surface area contributed by atoms with Crippen LogP contribution < -0.4 is 0 Å². The molecule has 1 N–H and O–H groups in total.